The summed E-state index contributed by atoms with van der Waals surface area (Å²) in [6.07, 6.45) is -18.8. The fourth-order valence-corrected chi connectivity index (χ4v) is 4.23. The molecule has 1 aromatic rings. The highest BCUT2D eigenvalue weighted by molar-refractivity contribution is 5.84. The Hall–Kier alpha value is -4.63. The van der Waals surface area contributed by atoms with E-state index in [9.17, 15) is 39.5 Å². The van der Waals surface area contributed by atoms with Gasteiger partial charge in [0.1, 0.15) is 42.4 Å². The average molecular weight is 530 g/mol. The zero-order chi connectivity index (χ0) is 28.1. The van der Waals surface area contributed by atoms with E-state index in [1.54, 1.807) is 0 Å². The number of benzene rings is 1. The van der Waals surface area contributed by atoms with Gasteiger partial charge in [0.25, 0.3) is 0 Å². The van der Waals surface area contributed by atoms with Crippen molar-refractivity contribution in [3.8, 4) is 23.6 Å². The summed E-state index contributed by atoms with van der Waals surface area (Å²) in [7, 11) is 0. The molecule has 0 fully saturated rings. The van der Waals surface area contributed by atoms with E-state index >= 15 is 0 Å². The topological polar surface area (TPSA) is 74.8 Å². The van der Waals surface area contributed by atoms with E-state index in [4.69, 9.17) is 23.7 Å². The van der Waals surface area contributed by atoms with E-state index < -0.39 is 87.3 Å². The van der Waals surface area contributed by atoms with Crippen LogP contribution in [0.5, 0.6) is 11.5 Å². The molecule has 2 aliphatic rings. The van der Waals surface area contributed by atoms with Gasteiger partial charge in [0, 0.05) is 34.4 Å². The fourth-order valence-electron chi connectivity index (χ4n) is 4.23. The molecule has 3 rings (SSSR count). The molecule has 0 bridgehead atoms. The van der Waals surface area contributed by atoms with Crippen molar-refractivity contribution < 1.29 is 49.0 Å². The summed E-state index contributed by atoms with van der Waals surface area (Å²) in [6, 6.07) is 2.32. The van der Waals surface area contributed by atoms with Crippen molar-refractivity contribution in [2.24, 2.45) is 0 Å². The number of allylic oxidation sites excluding steroid dienone is 3. The number of hydrogen-bond donors (Lipinski definition) is 0. The van der Waals surface area contributed by atoms with Crippen LogP contribution in [0.15, 0.2) is 22.5 Å². The third-order valence-corrected chi connectivity index (χ3v) is 5.42. The van der Waals surface area contributed by atoms with Crippen molar-refractivity contribution in [1.82, 2.24) is 0 Å². The number of fused-ring (bicyclic) bond motifs is 2. The first-order valence-corrected chi connectivity index (χ1v) is 9.52. The van der Waals surface area contributed by atoms with Gasteiger partial charge in [0.2, 0.25) is 0 Å². The fraction of sp³-hybridized carbons (Fsp3) is 0.273. The van der Waals surface area contributed by atoms with Gasteiger partial charge < -0.3 is 9.47 Å². The Balaban J connectivity index is 2.75. The highest BCUT2D eigenvalue weighted by Crippen LogP contribution is 2.44. The number of rotatable bonds is 2. The van der Waals surface area contributed by atoms with Crippen LogP contribution in [-0.2, 0) is 12.8 Å². The standard InChI is InChI=1S/C22H7F9N4O2/c1-8-10(19(34-2)35-3)4-12-14(8)17(36-21(26,27)28)13-5-11(9(6-32)7-33)16(20(23,24)25)15(13)18(12)37-22(29,30)31/h4-5H2,1H3. The Morgan fingerprint density at radius 2 is 1.22 bits per heavy atom. The normalized spacial score (nSPS) is 14.8. The molecule has 0 heterocycles. The SMILES string of the molecule is [C-]#[N+]C([N+]#[C-])=C1Cc2c(OC(F)(F)F)c3c(c(OC(F)(F)F)c2=C1C)CC(=C(C#N)C#N)C=3C(F)(F)F. The molecule has 37 heavy (non-hydrogen) atoms. The van der Waals surface area contributed by atoms with E-state index in [2.05, 4.69) is 19.2 Å². The van der Waals surface area contributed by atoms with Crippen molar-refractivity contribution in [1.29, 1.82) is 10.5 Å². The van der Waals surface area contributed by atoms with Crippen LogP contribution >= 0.6 is 0 Å². The van der Waals surface area contributed by atoms with Gasteiger partial charge in [0.15, 0.2) is 0 Å². The maximum absolute atomic E-state index is 14.2. The quantitative estimate of drug-likeness (QED) is 0.311. The van der Waals surface area contributed by atoms with Gasteiger partial charge in [-0.15, -0.1) is 26.3 Å². The summed E-state index contributed by atoms with van der Waals surface area (Å²) in [5, 5.41) is 16.0. The number of nitriles is 2. The molecule has 2 aliphatic carbocycles. The lowest BCUT2D eigenvalue weighted by Crippen LogP contribution is -2.32. The molecule has 0 radical (unpaired) electrons. The lowest BCUT2D eigenvalue weighted by molar-refractivity contribution is -0.277. The lowest BCUT2D eigenvalue weighted by atomic mass is 10.0. The highest BCUT2D eigenvalue weighted by Gasteiger charge is 2.47. The smallest absolute Gasteiger partial charge is 0.405 e. The summed E-state index contributed by atoms with van der Waals surface area (Å²) in [5.74, 6) is -3.59. The van der Waals surface area contributed by atoms with E-state index in [-0.39, 0.29) is 11.1 Å². The van der Waals surface area contributed by atoms with Crippen molar-refractivity contribution >= 4 is 11.1 Å². The Morgan fingerprint density at radius 3 is 1.62 bits per heavy atom. The summed E-state index contributed by atoms with van der Waals surface area (Å²) < 4.78 is 131. The average Bonchev–Trinajstić information content (AvgIpc) is 3.31. The highest BCUT2D eigenvalue weighted by atomic mass is 19.4. The molecule has 6 nitrogen and oxygen atoms in total. The van der Waals surface area contributed by atoms with Crippen LogP contribution in [0.2, 0.25) is 0 Å². The van der Waals surface area contributed by atoms with E-state index in [0.29, 0.717) is 0 Å². The summed E-state index contributed by atoms with van der Waals surface area (Å²) in [6.45, 7) is 15.2. The Labute approximate surface area is 200 Å². The molecule has 0 saturated carbocycles. The summed E-state index contributed by atoms with van der Waals surface area (Å²) in [5.41, 5.74) is -6.88. The van der Waals surface area contributed by atoms with Gasteiger partial charge in [-0.2, -0.15) is 33.4 Å². The summed E-state index contributed by atoms with van der Waals surface area (Å²) in [4.78, 5) is 5.77. The molecule has 0 saturated heterocycles. The van der Waals surface area contributed by atoms with Crippen LogP contribution in [0, 0.1) is 35.8 Å². The number of nitrogens with zero attached hydrogens (tertiary/aromatic N) is 4. The number of alkyl halides is 9. The predicted octanol–water partition coefficient (Wildman–Crippen LogP) is 4.87. The zero-order valence-electron chi connectivity index (χ0n) is 17.9. The summed E-state index contributed by atoms with van der Waals surface area (Å²) >= 11 is 0. The second kappa shape index (κ2) is 8.79. The first-order valence-electron chi connectivity index (χ1n) is 9.52. The molecule has 0 spiro atoms. The van der Waals surface area contributed by atoms with Gasteiger partial charge in [-0.1, -0.05) is 0 Å². The molecule has 0 aliphatic heterocycles. The number of hydrogen-bond acceptors (Lipinski definition) is 4. The van der Waals surface area contributed by atoms with Crippen LogP contribution in [0.1, 0.15) is 18.1 Å². The van der Waals surface area contributed by atoms with Crippen molar-refractivity contribution in [2.45, 2.75) is 38.7 Å². The second-order valence-electron chi connectivity index (χ2n) is 7.42. The van der Waals surface area contributed by atoms with Crippen LogP contribution in [0.25, 0.3) is 20.8 Å². The molecule has 1 aromatic carbocycles. The molecule has 0 amide bonds. The minimum atomic E-state index is -5.63. The third-order valence-electron chi connectivity index (χ3n) is 5.42. The van der Waals surface area contributed by atoms with Crippen LogP contribution < -0.4 is 19.9 Å². The van der Waals surface area contributed by atoms with Crippen molar-refractivity contribution in [2.75, 3.05) is 0 Å². The van der Waals surface area contributed by atoms with Gasteiger partial charge in [-0.25, -0.2) is 0 Å². The second-order valence-corrected chi connectivity index (χ2v) is 7.42. The molecule has 0 N–H and O–H groups in total. The van der Waals surface area contributed by atoms with Gasteiger partial charge in [-0.05, 0) is 18.1 Å². The van der Waals surface area contributed by atoms with Crippen LogP contribution in [0.4, 0.5) is 39.5 Å². The molecule has 15 heteroatoms. The molecular weight excluding hydrogens is 523 g/mol. The minimum absolute atomic E-state index is 0.321. The lowest BCUT2D eigenvalue weighted by Gasteiger charge is -2.19. The Bertz CT molecular complexity index is 1550. The van der Waals surface area contributed by atoms with Gasteiger partial charge in [0.05, 0.1) is 11.1 Å². The molecule has 0 unspecified atom stereocenters. The largest absolute Gasteiger partial charge is 0.573 e. The molecular formula is C22H7F9N4O2. The van der Waals surface area contributed by atoms with Crippen molar-refractivity contribution in [3.63, 3.8) is 0 Å². The first-order chi connectivity index (χ1) is 17.0. The zero-order valence-corrected chi connectivity index (χ0v) is 17.9. The first kappa shape index (κ1) is 27.0. The maximum Gasteiger partial charge on any atom is 0.573 e. The Morgan fingerprint density at radius 1 is 0.784 bits per heavy atom. The monoisotopic (exact) mass is 530 g/mol. The van der Waals surface area contributed by atoms with Crippen molar-refractivity contribution in [3.05, 3.63) is 66.9 Å². The molecule has 0 atom stereocenters. The van der Waals surface area contributed by atoms with Gasteiger partial charge in [-0.3, -0.25) is 0 Å². The number of ether oxygens (including phenoxy) is 2. The third kappa shape index (κ3) is 4.76. The molecule has 190 valence electrons. The minimum Gasteiger partial charge on any atom is -0.405 e. The molecule has 0 aromatic heterocycles. The number of halogens is 9. The van der Waals surface area contributed by atoms with Crippen LogP contribution in [0.3, 0.4) is 0 Å². The van der Waals surface area contributed by atoms with E-state index in [1.165, 1.54) is 0 Å². The van der Waals surface area contributed by atoms with Crippen LogP contribution in [-0.4, -0.2) is 18.9 Å². The van der Waals surface area contributed by atoms with E-state index in [0.717, 1.165) is 19.1 Å². The van der Waals surface area contributed by atoms with E-state index in [1.807, 2.05) is 0 Å². The predicted molar refractivity (Wildman–Crippen MR) is 103 cm³/mol. The Kier molecular flexibility index (Phi) is 6.41. The maximum atomic E-state index is 14.2. The van der Waals surface area contributed by atoms with Gasteiger partial charge >= 0.3 is 24.7 Å².